The number of phenolic OH excluding ortho intramolecular Hbond substituents is 1. The Kier molecular flexibility index (Phi) is 5.27. The quantitative estimate of drug-likeness (QED) is 0.675. The van der Waals surface area contributed by atoms with Crippen molar-refractivity contribution >= 4 is 5.91 Å². The second-order valence-electron chi connectivity index (χ2n) is 10.9. The van der Waals surface area contributed by atoms with Gasteiger partial charge >= 0.3 is 0 Å². The van der Waals surface area contributed by atoms with Gasteiger partial charge in [0.25, 0.3) is 5.91 Å². The summed E-state index contributed by atoms with van der Waals surface area (Å²) in [5.41, 5.74) is 4.18. The number of aromatic hydroxyl groups is 1. The molecule has 0 saturated heterocycles. The molecule has 1 aliphatic carbocycles. The van der Waals surface area contributed by atoms with Crippen LogP contribution in [0.15, 0.2) is 23.8 Å². The molecule has 5 heteroatoms. The molecule has 3 rings (SSSR count). The number of amides is 1. The van der Waals surface area contributed by atoms with E-state index in [2.05, 4.69) is 40.1 Å². The third kappa shape index (κ3) is 4.45. The molecule has 0 bridgehead atoms. The van der Waals surface area contributed by atoms with Gasteiger partial charge in [0.2, 0.25) is 0 Å². The van der Waals surface area contributed by atoms with Crippen molar-refractivity contribution in [1.82, 2.24) is 5.48 Å². The molecule has 0 spiro atoms. The SMILES string of the molecule is CC(C)(C)ONC(=O)C1=CC[C@@H]2[C@@H](C1)c1c(O)cc(C(C)(C)C)cc1OC2(C)C. The zero-order valence-electron chi connectivity index (χ0n) is 19.0. The minimum Gasteiger partial charge on any atom is -0.508 e. The maximum Gasteiger partial charge on any atom is 0.270 e. The summed E-state index contributed by atoms with van der Waals surface area (Å²) < 4.78 is 6.38. The lowest BCUT2D eigenvalue weighted by atomic mass is 9.66. The fourth-order valence-electron chi connectivity index (χ4n) is 4.28. The third-order valence-corrected chi connectivity index (χ3v) is 5.91. The number of ether oxygens (including phenoxy) is 1. The molecule has 1 aromatic carbocycles. The average Bonchev–Trinajstić information content (AvgIpc) is 2.56. The van der Waals surface area contributed by atoms with Crippen molar-refractivity contribution < 1.29 is 19.5 Å². The van der Waals surface area contributed by atoms with Crippen LogP contribution in [0.5, 0.6) is 11.5 Å². The van der Waals surface area contributed by atoms with E-state index in [1.807, 2.05) is 39.0 Å². The zero-order chi connectivity index (χ0) is 21.8. The molecular weight excluding hydrogens is 366 g/mol. The molecule has 2 N–H and O–H groups in total. The minimum absolute atomic E-state index is 0.0168. The highest BCUT2D eigenvalue weighted by Gasteiger charge is 2.47. The summed E-state index contributed by atoms with van der Waals surface area (Å²) in [5.74, 6) is 0.971. The lowest BCUT2D eigenvalue weighted by molar-refractivity contribution is -0.142. The first kappa shape index (κ1) is 21.7. The summed E-state index contributed by atoms with van der Waals surface area (Å²) in [4.78, 5) is 18.1. The fraction of sp³-hybridized carbons (Fsp3) is 0.625. The van der Waals surface area contributed by atoms with Gasteiger partial charge in [0.15, 0.2) is 0 Å². The van der Waals surface area contributed by atoms with Gasteiger partial charge in [0, 0.05) is 23.0 Å². The highest BCUT2D eigenvalue weighted by molar-refractivity contribution is 5.93. The van der Waals surface area contributed by atoms with Gasteiger partial charge in [-0.15, -0.1) is 0 Å². The molecule has 5 nitrogen and oxygen atoms in total. The Morgan fingerprint density at radius 1 is 1.21 bits per heavy atom. The van der Waals surface area contributed by atoms with Crippen LogP contribution in [0.2, 0.25) is 0 Å². The van der Waals surface area contributed by atoms with Crippen LogP contribution in [0.3, 0.4) is 0 Å². The van der Waals surface area contributed by atoms with Crippen LogP contribution >= 0.6 is 0 Å². The molecule has 0 radical (unpaired) electrons. The molecule has 0 saturated carbocycles. The average molecular weight is 402 g/mol. The lowest BCUT2D eigenvalue weighted by Gasteiger charge is -2.47. The maximum atomic E-state index is 12.7. The highest BCUT2D eigenvalue weighted by atomic mass is 16.7. The summed E-state index contributed by atoms with van der Waals surface area (Å²) in [7, 11) is 0. The van der Waals surface area contributed by atoms with Gasteiger partial charge < -0.3 is 9.84 Å². The molecule has 1 aliphatic heterocycles. The Labute approximate surface area is 174 Å². The number of allylic oxidation sites excluding steroid dienone is 1. The third-order valence-electron chi connectivity index (χ3n) is 5.91. The molecule has 2 atom stereocenters. The van der Waals surface area contributed by atoms with E-state index in [1.54, 1.807) is 0 Å². The summed E-state index contributed by atoms with van der Waals surface area (Å²) in [6.07, 6.45) is 3.25. The Morgan fingerprint density at radius 3 is 2.45 bits per heavy atom. The molecule has 1 aromatic rings. The number of phenols is 1. The first-order chi connectivity index (χ1) is 13.2. The molecule has 1 amide bonds. The molecule has 0 unspecified atom stereocenters. The second kappa shape index (κ2) is 7.05. The van der Waals surface area contributed by atoms with E-state index in [-0.39, 0.29) is 34.5 Å². The number of hydroxylamine groups is 1. The number of nitrogens with one attached hydrogen (secondary N) is 1. The maximum absolute atomic E-state index is 12.7. The Balaban J connectivity index is 1.95. The number of benzene rings is 1. The highest BCUT2D eigenvalue weighted by Crippen LogP contribution is 2.54. The second-order valence-corrected chi connectivity index (χ2v) is 10.9. The van der Waals surface area contributed by atoms with Crippen molar-refractivity contribution in [3.63, 3.8) is 0 Å². The van der Waals surface area contributed by atoms with Crippen LogP contribution in [0.25, 0.3) is 0 Å². The molecule has 1 heterocycles. The standard InChI is InChI=1S/C24H35NO4/c1-22(2,3)15-12-18(26)20-16-11-14(21(27)25-29-23(4,5)6)9-10-17(16)24(7,8)28-19(20)13-15/h9,12-13,16-17,26H,10-11H2,1-8H3,(H,25,27)/t16-,17-/m1/s1. The van der Waals surface area contributed by atoms with E-state index >= 15 is 0 Å². The minimum atomic E-state index is -0.456. The van der Waals surface area contributed by atoms with Gasteiger partial charge in [-0.25, -0.2) is 5.48 Å². The van der Waals surface area contributed by atoms with Crippen LogP contribution in [-0.2, 0) is 15.0 Å². The lowest BCUT2D eigenvalue weighted by Crippen LogP contribution is -2.46. The normalized spacial score (nSPS) is 23.4. The van der Waals surface area contributed by atoms with Crippen molar-refractivity contribution in [2.24, 2.45) is 5.92 Å². The Morgan fingerprint density at radius 2 is 1.86 bits per heavy atom. The van der Waals surface area contributed by atoms with Gasteiger partial charge in [-0.3, -0.25) is 9.63 Å². The van der Waals surface area contributed by atoms with Crippen molar-refractivity contribution in [3.8, 4) is 11.5 Å². The van der Waals surface area contributed by atoms with E-state index in [1.165, 1.54) is 0 Å². The number of rotatable bonds is 2. The smallest absolute Gasteiger partial charge is 0.270 e. The predicted molar refractivity (Wildman–Crippen MR) is 114 cm³/mol. The van der Waals surface area contributed by atoms with Gasteiger partial charge in [0.05, 0.1) is 5.60 Å². The number of hydrogen-bond donors (Lipinski definition) is 2. The largest absolute Gasteiger partial charge is 0.508 e. The van der Waals surface area contributed by atoms with E-state index in [0.717, 1.165) is 23.3 Å². The Bertz CT molecular complexity index is 840. The number of fused-ring (bicyclic) bond motifs is 3. The van der Waals surface area contributed by atoms with E-state index in [4.69, 9.17) is 9.57 Å². The van der Waals surface area contributed by atoms with Gasteiger partial charge in [-0.05, 0) is 70.6 Å². The zero-order valence-corrected chi connectivity index (χ0v) is 19.0. The first-order valence-corrected chi connectivity index (χ1v) is 10.4. The molecule has 2 aliphatic rings. The first-order valence-electron chi connectivity index (χ1n) is 10.4. The van der Waals surface area contributed by atoms with Gasteiger partial charge in [-0.1, -0.05) is 26.8 Å². The summed E-state index contributed by atoms with van der Waals surface area (Å²) in [6, 6.07) is 3.89. The summed E-state index contributed by atoms with van der Waals surface area (Å²) >= 11 is 0. The van der Waals surface area contributed by atoms with Crippen molar-refractivity contribution in [1.29, 1.82) is 0 Å². The van der Waals surface area contributed by atoms with Crippen LogP contribution in [-0.4, -0.2) is 22.2 Å². The monoisotopic (exact) mass is 401 g/mol. The van der Waals surface area contributed by atoms with Crippen LogP contribution < -0.4 is 10.2 Å². The van der Waals surface area contributed by atoms with Crippen molar-refractivity contribution in [2.75, 3.05) is 0 Å². The number of carbonyl (C=O) groups is 1. The molecule has 160 valence electrons. The molecular formula is C24H35NO4. The van der Waals surface area contributed by atoms with Gasteiger partial charge in [0.1, 0.15) is 17.1 Å². The van der Waals surface area contributed by atoms with E-state index in [9.17, 15) is 9.90 Å². The Hall–Kier alpha value is -2.01. The van der Waals surface area contributed by atoms with Crippen LogP contribution in [0, 0.1) is 5.92 Å². The molecule has 29 heavy (non-hydrogen) atoms. The van der Waals surface area contributed by atoms with Crippen molar-refractivity contribution in [3.05, 3.63) is 34.9 Å². The predicted octanol–water partition coefficient (Wildman–Crippen LogP) is 5.13. The van der Waals surface area contributed by atoms with Crippen LogP contribution in [0.1, 0.15) is 85.3 Å². The van der Waals surface area contributed by atoms with Gasteiger partial charge in [-0.2, -0.15) is 0 Å². The summed E-state index contributed by atoms with van der Waals surface area (Å²) in [6.45, 7) is 16.2. The molecule has 0 aromatic heterocycles. The molecule has 0 fully saturated rings. The van der Waals surface area contributed by atoms with Crippen molar-refractivity contribution in [2.45, 2.75) is 90.8 Å². The van der Waals surface area contributed by atoms with E-state index in [0.29, 0.717) is 12.0 Å². The topological polar surface area (TPSA) is 67.8 Å². The summed E-state index contributed by atoms with van der Waals surface area (Å²) in [5, 5.41) is 10.9. The van der Waals surface area contributed by atoms with Crippen LogP contribution in [0.4, 0.5) is 0 Å². The van der Waals surface area contributed by atoms with E-state index < -0.39 is 5.60 Å². The number of carbonyl (C=O) groups excluding carboxylic acids is 1. The number of hydrogen-bond acceptors (Lipinski definition) is 4. The fourth-order valence-corrected chi connectivity index (χ4v) is 4.28.